The lowest BCUT2D eigenvalue weighted by Crippen LogP contribution is -2.43. The van der Waals surface area contributed by atoms with Crippen LogP contribution in [-0.4, -0.2) is 31.2 Å². The van der Waals surface area contributed by atoms with Crippen molar-refractivity contribution in [3.05, 3.63) is 59.4 Å². The number of nitrogens with one attached hydrogen (secondary N) is 1. The summed E-state index contributed by atoms with van der Waals surface area (Å²) in [7, 11) is -3.88. The Morgan fingerprint density at radius 1 is 1.16 bits per heavy atom. The summed E-state index contributed by atoms with van der Waals surface area (Å²) >= 11 is 6.03. The minimum Gasteiger partial charge on any atom is -0.323 e. The number of rotatable bonds is 4. The molecule has 1 saturated heterocycles. The van der Waals surface area contributed by atoms with Gasteiger partial charge in [-0.1, -0.05) is 23.7 Å². The lowest BCUT2D eigenvalue weighted by Gasteiger charge is -2.23. The maximum atomic E-state index is 13.1. The molecule has 8 heteroatoms. The van der Waals surface area contributed by atoms with Crippen molar-refractivity contribution in [3.63, 3.8) is 0 Å². The number of amides is 1. The lowest BCUT2D eigenvalue weighted by molar-refractivity contribution is -0.119. The van der Waals surface area contributed by atoms with Crippen LogP contribution in [0.5, 0.6) is 0 Å². The van der Waals surface area contributed by atoms with Crippen molar-refractivity contribution in [3.8, 4) is 0 Å². The molecule has 3 rings (SSSR count). The molecule has 1 amide bonds. The highest BCUT2D eigenvalue weighted by atomic mass is 35.5. The van der Waals surface area contributed by atoms with E-state index in [2.05, 4.69) is 5.32 Å². The molecule has 0 aromatic heterocycles. The van der Waals surface area contributed by atoms with Gasteiger partial charge in [0.2, 0.25) is 15.9 Å². The van der Waals surface area contributed by atoms with Crippen molar-refractivity contribution in [2.45, 2.75) is 23.8 Å². The van der Waals surface area contributed by atoms with Crippen LogP contribution < -0.4 is 5.32 Å². The summed E-state index contributed by atoms with van der Waals surface area (Å²) in [5.41, 5.74) is 0.431. The number of anilines is 1. The van der Waals surface area contributed by atoms with Gasteiger partial charge in [0.05, 0.1) is 15.6 Å². The van der Waals surface area contributed by atoms with Crippen molar-refractivity contribution in [1.82, 2.24) is 4.31 Å². The van der Waals surface area contributed by atoms with Crippen LogP contribution in [0.3, 0.4) is 0 Å². The van der Waals surface area contributed by atoms with Gasteiger partial charge in [0.15, 0.2) is 0 Å². The summed E-state index contributed by atoms with van der Waals surface area (Å²) in [6.07, 6.45) is 0.984. The molecular formula is C17H16ClFN2O3S. The number of sulfonamides is 1. The van der Waals surface area contributed by atoms with E-state index in [0.717, 1.165) is 16.4 Å². The molecule has 2 aromatic rings. The number of para-hydroxylation sites is 1. The fourth-order valence-corrected chi connectivity index (χ4v) is 4.65. The molecule has 0 radical (unpaired) electrons. The maximum absolute atomic E-state index is 13.1. The summed E-state index contributed by atoms with van der Waals surface area (Å²) < 4.78 is 39.8. The summed E-state index contributed by atoms with van der Waals surface area (Å²) in [6, 6.07) is 10.5. The van der Waals surface area contributed by atoms with Gasteiger partial charge in [0.25, 0.3) is 0 Å². The van der Waals surface area contributed by atoms with Crippen molar-refractivity contribution in [2.75, 3.05) is 11.9 Å². The molecule has 1 aliphatic heterocycles. The monoisotopic (exact) mass is 382 g/mol. The van der Waals surface area contributed by atoms with E-state index in [-0.39, 0.29) is 11.4 Å². The van der Waals surface area contributed by atoms with Crippen LogP contribution in [-0.2, 0) is 14.8 Å². The summed E-state index contributed by atoms with van der Waals surface area (Å²) in [6.45, 7) is 0.236. The number of nitrogens with zero attached hydrogens (tertiary/aromatic N) is 1. The zero-order chi connectivity index (χ0) is 18.0. The molecule has 1 fully saturated rings. The van der Waals surface area contributed by atoms with Crippen LogP contribution in [0.2, 0.25) is 5.02 Å². The third kappa shape index (κ3) is 3.68. The first-order valence-corrected chi connectivity index (χ1v) is 9.54. The van der Waals surface area contributed by atoms with Gasteiger partial charge in [-0.15, -0.1) is 0 Å². The maximum Gasteiger partial charge on any atom is 0.243 e. The first-order valence-electron chi connectivity index (χ1n) is 7.72. The van der Waals surface area contributed by atoms with Gasteiger partial charge >= 0.3 is 0 Å². The molecule has 0 aliphatic carbocycles. The molecule has 1 N–H and O–H groups in total. The Bertz CT molecular complexity index is 887. The summed E-state index contributed by atoms with van der Waals surface area (Å²) in [5, 5.41) is 3.05. The zero-order valence-corrected chi connectivity index (χ0v) is 14.7. The lowest BCUT2D eigenvalue weighted by atomic mass is 10.2. The van der Waals surface area contributed by atoms with Crippen LogP contribution in [0.4, 0.5) is 10.1 Å². The van der Waals surface area contributed by atoms with Crippen LogP contribution >= 0.6 is 11.6 Å². The van der Waals surface area contributed by atoms with Crippen LogP contribution in [0.15, 0.2) is 53.4 Å². The highest BCUT2D eigenvalue weighted by Crippen LogP contribution is 2.28. The Kier molecular flexibility index (Phi) is 5.08. The Labute approximate surface area is 150 Å². The second-order valence-corrected chi connectivity index (χ2v) is 7.99. The minimum absolute atomic E-state index is 0.0358. The standard InChI is InChI=1S/C17H16ClFN2O3S/c18-14-4-1-2-5-15(14)20-17(22)16-6-3-11-21(16)25(23,24)13-9-7-12(19)8-10-13/h1-2,4-5,7-10,16H,3,6,11H2,(H,20,22). The number of carbonyl (C=O) groups excluding carboxylic acids is 1. The molecule has 0 bridgehead atoms. The van der Waals surface area contributed by atoms with E-state index in [9.17, 15) is 17.6 Å². The minimum atomic E-state index is -3.88. The predicted octanol–water partition coefficient (Wildman–Crippen LogP) is 3.27. The second kappa shape index (κ2) is 7.11. The zero-order valence-electron chi connectivity index (χ0n) is 13.2. The number of hydrogen-bond donors (Lipinski definition) is 1. The number of carbonyl (C=O) groups is 1. The van der Waals surface area contributed by atoms with E-state index < -0.39 is 27.8 Å². The largest absolute Gasteiger partial charge is 0.323 e. The fraction of sp³-hybridized carbons (Fsp3) is 0.235. The van der Waals surface area contributed by atoms with Crippen LogP contribution in [0.1, 0.15) is 12.8 Å². The van der Waals surface area contributed by atoms with Gasteiger partial charge in [-0.3, -0.25) is 4.79 Å². The molecule has 1 atom stereocenters. The van der Waals surface area contributed by atoms with E-state index in [4.69, 9.17) is 11.6 Å². The normalized spacial score (nSPS) is 18.2. The predicted molar refractivity (Wildman–Crippen MR) is 93.4 cm³/mol. The van der Waals surface area contributed by atoms with E-state index in [1.807, 2.05) is 0 Å². The number of benzene rings is 2. The first kappa shape index (κ1) is 17.8. The van der Waals surface area contributed by atoms with Crippen molar-refractivity contribution >= 4 is 33.2 Å². The highest BCUT2D eigenvalue weighted by Gasteiger charge is 2.39. The van der Waals surface area contributed by atoms with Gasteiger partial charge in [-0.05, 0) is 49.2 Å². The van der Waals surface area contributed by atoms with Crippen molar-refractivity contribution in [2.24, 2.45) is 0 Å². The quantitative estimate of drug-likeness (QED) is 0.882. The molecule has 1 heterocycles. The van der Waals surface area contributed by atoms with Gasteiger partial charge in [0, 0.05) is 6.54 Å². The molecule has 0 saturated carbocycles. The third-order valence-electron chi connectivity index (χ3n) is 4.06. The Morgan fingerprint density at radius 2 is 1.84 bits per heavy atom. The molecular weight excluding hydrogens is 367 g/mol. The molecule has 25 heavy (non-hydrogen) atoms. The van der Waals surface area contributed by atoms with Gasteiger partial charge in [0.1, 0.15) is 11.9 Å². The van der Waals surface area contributed by atoms with Gasteiger partial charge in [-0.2, -0.15) is 4.31 Å². The highest BCUT2D eigenvalue weighted by molar-refractivity contribution is 7.89. The van der Waals surface area contributed by atoms with E-state index >= 15 is 0 Å². The molecule has 2 aromatic carbocycles. The summed E-state index contributed by atoms with van der Waals surface area (Å²) in [4.78, 5) is 12.5. The average molecular weight is 383 g/mol. The molecule has 132 valence electrons. The Balaban J connectivity index is 1.83. The van der Waals surface area contributed by atoms with Crippen LogP contribution in [0.25, 0.3) is 0 Å². The fourth-order valence-electron chi connectivity index (χ4n) is 2.81. The number of hydrogen-bond acceptors (Lipinski definition) is 3. The number of halogens is 2. The van der Waals surface area contributed by atoms with E-state index in [1.54, 1.807) is 24.3 Å². The molecule has 0 spiro atoms. The average Bonchev–Trinajstić information content (AvgIpc) is 3.08. The Morgan fingerprint density at radius 3 is 2.52 bits per heavy atom. The molecule has 5 nitrogen and oxygen atoms in total. The SMILES string of the molecule is O=C(Nc1ccccc1Cl)C1CCCN1S(=O)(=O)c1ccc(F)cc1. The van der Waals surface area contributed by atoms with Crippen molar-refractivity contribution in [1.29, 1.82) is 0 Å². The first-order chi connectivity index (χ1) is 11.9. The third-order valence-corrected chi connectivity index (χ3v) is 6.31. The topological polar surface area (TPSA) is 66.5 Å². The smallest absolute Gasteiger partial charge is 0.243 e. The summed E-state index contributed by atoms with van der Waals surface area (Å²) in [5.74, 6) is -0.954. The molecule has 1 unspecified atom stereocenters. The van der Waals surface area contributed by atoms with Gasteiger partial charge in [-0.25, -0.2) is 12.8 Å². The Hall–Kier alpha value is -1.96. The van der Waals surface area contributed by atoms with E-state index in [0.29, 0.717) is 23.6 Å². The van der Waals surface area contributed by atoms with E-state index in [1.165, 1.54) is 12.1 Å². The molecule has 1 aliphatic rings. The van der Waals surface area contributed by atoms with Gasteiger partial charge < -0.3 is 5.32 Å². The van der Waals surface area contributed by atoms with Crippen LogP contribution in [0, 0.1) is 5.82 Å². The second-order valence-electron chi connectivity index (χ2n) is 5.70. The van der Waals surface area contributed by atoms with Crippen molar-refractivity contribution < 1.29 is 17.6 Å².